The molecule has 9 nitrogen and oxygen atoms in total. The SMILES string of the molecule is O=C(O)CNCCNS(=O)(=O)c1ccccc1[N+](=O)[O-]. The van der Waals surface area contributed by atoms with E-state index in [1.54, 1.807) is 0 Å². The van der Waals surface area contributed by atoms with Gasteiger partial charge < -0.3 is 10.4 Å². The molecule has 0 saturated carbocycles. The summed E-state index contributed by atoms with van der Waals surface area (Å²) >= 11 is 0. The van der Waals surface area contributed by atoms with Crippen LogP contribution in [-0.2, 0) is 14.8 Å². The number of carboxylic acid groups (broad SMARTS) is 1. The van der Waals surface area contributed by atoms with E-state index in [1.807, 2.05) is 0 Å². The minimum absolute atomic E-state index is 0.0817. The lowest BCUT2D eigenvalue weighted by Crippen LogP contribution is -2.34. The van der Waals surface area contributed by atoms with Gasteiger partial charge in [0.05, 0.1) is 11.5 Å². The second-order valence-corrected chi connectivity index (χ2v) is 5.43. The average Bonchev–Trinajstić information content (AvgIpc) is 2.37. The summed E-state index contributed by atoms with van der Waals surface area (Å²) in [7, 11) is -4.02. The molecule has 3 N–H and O–H groups in total. The Kier molecular flexibility index (Phi) is 5.55. The maximum Gasteiger partial charge on any atom is 0.317 e. The number of nitro groups is 1. The Hall–Kier alpha value is -2.04. The molecular formula is C10H13N3O6S. The van der Waals surface area contributed by atoms with Crippen molar-refractivity contribution in [1.82, 2.24) is 10.0 Å². The Morgan fingerprint density at radius 2 is 1.95 bits per heavy atom. The van der Waals surface area contributed by atoms with Crippen molar-refractivity contribution >= 4 is 21.7 Å². The van der Waals surface area contributed by atoms with Crippen LogP contribution in [0.25, 0.3) is 0 Å². The van der Waals surface area contributed by atoms with Gasteiger partial charge in [0, 0.05) is 19.2 Å². The molecule has 0 radical (unpaired) electrons. The molecule has 0 atom stereocenters. The predicted molar refractivity (Wildman–Crippen MR) is 68.8 cm³/mol. The van der Waals surface area contributed by atoms with Crippen molar-refractivity contribution in [2.75, 3.05) is 19.6 Å². The molecule has 0 unspecified atom stereocenters. The van der Waals surface area contributed by atoms with E-state index in [2.05, 4.69) is 10.0 Å². The summed E-state index contributed by atoms with van der Waals surface area (Å²) in [5, 5.41) is 21.6. The first kappa shape index (κ1) is 16.0. The molecule has 1 rings (SSSR count). The summed E-state index contributed by atoms with van der Waals surface area (Å²) in [5.74, 6) is -1.06. The molecule has 10 heteroatoms. The number of hydrogen-bond acceptors (Lipinski definition) is 6. The Bertz CT molecular complexity index is 601. The van der Waals surface area contributed by atoms with Gasteiger partial charge in [0.1, 0.15) is 0 Å². The van der Waals surface area contributed by atoms with Crippen molar-refractivity contribution in [2.24, 2.45) is 0 Å². The Labute approximate surface area is 114 Å². The van der Waals surface area contributed by atoms with Crippen molar-refractivity contribution in [1.29, 1.82) is 0 Å². The Balaban J connectivity index is 2.70. The average molecular weight is 303 g/mol. The normalized spacial score (nSPS) is 11.2. The topological polar surface area (TPSA) is 139 Å². The molecule has 1 aromatic carbocycles. The van der Waals surface area contributed by atoms with E-state index in [-0.39, 0.29) is 19.6 Å². The maximum atomic E-state index is 11.9. The van der Waals surface area contributed by atoms with Gasteiger partial charge in [-0.1, -0.05) is 12.1 Å². The largest absolute Gasteiger partial charge is 0.480 e. The van der Waals surface area contributed by atoms with Gasteiger partial charge >= 0.3 is 5.97 Å². The lowest BCUT2D eigenvalue weighted by Gasteiger charge is -2.07. The predicted octanol–water partition coefficient (Wildman–Crippen LogP) is -0.453. The third kappa shape index (κ3) is 4.57. The minimum atomic E-state index is -4.02. The molecule has 0 amide bonds. The summed E-state index contributed by atoms with van der Waals surface area (Å²) in [6, 6.07) is 4.97. The summed E-state index contributed by atoms with van der Waals surface area (Å²) in [6.45, 7) is -0.291. The number of hydrogen-bond donors (Lipinski definition) is 3. The van der Waals surface area contributed by atoms with Crippen LogP contribution in [0.3, 0.4) is 0 Å². The maximum absolute atomic E-state index is 11.9. The number of para-hydroxylation sites is 1. The van der Waals surface area contributed by atoms with Gasteiger partial charge in [0.25, 0.3) is 5.69 Å². The Morgan fingerprint density at radius 1 is 1.30 bits per heavy atom. The van der Waals surface area contributed by atoms with Crippen LogP contribution in [-0.4, -0.2) is 44.1 Å². The molecule has 0 aliphatic heterocycles. The zero-order chi connectivity index (χ0) is 15.2. The molecule has 0 heterocycles. The van der Waals surface area contributed by atoms with Crippen LogP contribution in [0.5, 0.6) is 0 Å². The highest BCUT2D eigenvalue weighted by molar-refractivity contribution is 7.89. The molecule has 0 bridgehead atoms. The first-order chi connectivity index (χ1) is 9.34. The van der Waals surface area contributed by atoms with Crippen molar-refractivity contribution in [2.45, 2.75) is 4.90 Å². The molecule has 20 heavy (non-hydrogen) atoms. The monoisotopic (exact) mass is 303 g/mol. The first-order valence-electron chi connectivity index (χ1n) is 5.50. The molecule has 0 saturated heterocycles. The second kappa shape index (κ2) is 6.93. The molecule has 0 spiro atoms. The molecule has 110 valence electrons. The van der Waals surface area contributed by atoms with Crippen molar-refractivity contribution in [3.05, 3.63) is 34.4 Å². The highest BCUT2D eigenvalue weighted by atomic mass is 32.2. The van der Waals surface area contributed by atoms with Gasteiger partial charge in [-0.25, -0.2) is 13.1 Å². The summed E-state index contributed by atoms with van der Waals surface area (Å²) in [4.78, 5) is 19.8. The van der Waals surface area contributed by atoms with Crippen molar-refractivity contribution in [3.63, 3.8) is 0 Å². The van der Waals surface area contributed by atoms with Gasteiger partial charge in [-0.15, -0.1) is 0 Å². The van der Waals surface area contributed by atoms with Crippen LogP contribution in [0.15, 0.2) is 29.2 Å². The van der Waals surface area contributed by atoms with Gasteiger partial charge in [-0.2, -0.15) is 0 Å². The van der Waals surface area contributed by atoms with Crippen LogP contribution in [0.4, 0.5) is 5.69 Å². The number of sulfonamides is 1. The first-order valence-corrected chi connectivity index (χ1v) is 6.98. The van der Waals surface area contributed by atoms with E-state index in [0.29, 0.717) is 0 Å². The van der Waals surface area contributed by atoms with Crippen LogP contribution in [0, 0.1) is 10.1 Å². The van der Waals surface area contributed by atoms with E-state index in [4.69, 9.17) is 5.11 Å². The molecule has 1 aromatic rings. The molecular weight excluding hydrogens is 290 g/mol. The second-order valence-electron chi connectivity index (χ2n) is 3.69. The van der Waals surface area contributed by atoms with E-state index in [1.165, 1.54) is 12.1 Å². The molecule has 0 aliphatic rings. The zero-order valence-corrected chi connectivity index (χ0v) is 11.1. The number of rotatable bonds is 8. The summed E-state index contributed by atoms with van der Waals surface area (Å²) < 4.78 is 25.9. The number of carbonyl (C=O) groups is 1. The van der Waals surface area contributed by atoms with E-state index < -0.39 is 31.5 Å². The number of nitro benzene ring substituents is 1. The van der Waals surface area contributed by atoms with E-state index in [9.17, 15) is 23.3 Å². The van der Waals surface area contributed by atoms with Crippen LogP contribution >= 0.6 is 0 Å². The number of nitrogens with zero attached hydrogens (tertiary/aromatic N) is 1. The number of carboxylic acids is 1. The summed E-state index contributed by atoms with van der Waals surface area (Å²) in [5.41, 5.74) is -0.515. The quantitative estimate of drug-likeness (QED) is 0.335. The van der Waals surface area contributed by atoms with Crippen LogP contribution < -0.4 is 10.0 Å². The van der Waals surface area contributed by atoms with Gasteiger partial charge in [0.2, 0.25) is 10.0 Å². The molecule has 0 aromatic heterocycles. The number of aliphatic carboxylic acids is 1. The van der Waals surface area contributed by atoms with Crippen LogP contribution in [0.2, 0.25) is 0 Å². The lowest BCUT2D eigenvalue weighted by atomic mass is 10.3. The van der Waals surface area contributed by atoms with E-state index in [0.717, 1.165) is 12.1 Å². The van der Waals surface area contributed by atoms with Gasteiger partial charge in [-0.3, -0.25) is 14.9 Å². The summed E-state index contributed by atoms with van der Waals surface area (Å²) in [6.07, 6.45) is 0. The zero-order valence-electron chi connectivity index (χ0n) is 10.3. The smallest absolute Gasteiger partial charge is 0.317 e. The highest BCUT2D eigenvalue weighted by Gasteiger charge is 2.24. The molecule has 0 fully saturated rings. The number of nitrogens with one attached hydrogen (secondary N) is 2. The standard InChI is InChI=1S/C10H13N3O6S/c14-10(15)7-11-5-6-12-20(18,19)9-4-2-1-3-8(9)13(16)17/h1-4,11-12H,5-7H2,(H,14,15). The van der Waals surface area contributed by atoms with Gasteiger partial charge in [0.15, 0.2) is 4.90 Å². The fourth-order valence-corrected chi connectivity index (χ4v) is 2.58. The van der Waals surface area contributed by atoms with Crippen molar-refractivity contribution in [3.8, 4) is 0 Å². The lowest BCUT2D eigenvalue weighted by molar-refractivity contribution is -0.387. The Morgan fingerprint density at radius 3 is 2.55 bits per heavy atom. The fourth-order valence-electron chi connectivity index (χ4n) is 1.38. The minimum Gasteiger partial charge on any atom is -0.480 e. The van der Waals surface area contributed by atoms with Crippen molar-refractivity contribution < 1.29 is 23.2 Å². The third-order valence-electron chi connectivity index (χ3n) is 2.22. The third-order valence-corrected chi connectivity index (χ3v) is 3.73. The fraction of sp³-hybridized carbons (Fsp3) is 0.300. The van der Waals surface area contributed by atoms with E-state index >= 15 is 0 Å². The number of benzene rings is 1. The van der Waals surface area contributed by atoms with Crippen LogP contribution in [0.1, 0.15) is 0 Å². The van der Waals surface area contributed by atoms with Gasteiger partial charge in [-0.05, 0) is 6.07 Å². The highest BCUT2D eigenvalue weighted by Crippen LogP contribution is 2.22. The molecule has 0 aliphatic carbocycles.